The normalized spacial score (nSPS) is 13.8. The molecule has 4 heteroatoms. The number of aliphatic carboxylic acids is 1. The molecule has 0 radical (unpaired) electrons. The van der Waals surface area contributed by atoms with Crippen LogP contribution < -0.4 is 0 Å². The number of aryl methyl sites for hydroxylation is 3. The fraction of sp³-hybridized carbons (Fsp3) is 0.471. The largest absolute Gasteiger partial charge is 0.481 e. The van der Waals surface area contributed by atoms with Gasteiger partial charge in [0, 0.05) is 23.4 Å². The number of carboxylic acids is 1. The van der Waals surface area contributed by atoms with E-state index in [1.807, 2.05) is 13.0 Å². The van der Waals surface area contributed by atoms with Gasteiger partial charge in [0.2, 0.25) is 0 Å². The number of hydrogen-bond acceptors (Lipinski definition) is 3. The Morgan fingerprint density at radius 1 is 0.868 bits per heavy atom. The highest BCUT2D eigenvalue weighted by Gasteiger charge is 2.35. The van der Waals surface area contributed by atoms with Gasteiger partial charge in [-0.2, -0.15) is 0 Å². The summed E-state index contributed by atoms with van der Waals surface area (Å²) in [4.78, 5) is 15.5. The molecule has 3 aromatic rings. The van der Waals surface area contributed by atoms with Crippen molar-refractivity contribution in [2.45, 2.75) is 98.5 Å². The first-order valence-corrected chi connectivity index (χ1v) is 13.8. The average Bonchev–Trinajstić information content (AvgIpc) is 2.84. The van der Waals surface area contributed by atoms with Gasteiger partial charge in [0.25, 0.3) is 0 Å². The molecule has 0 saturated heterocycles. The molecule has 1 atom stereocenters. The molecule has 2 N–H and O–H groups in total. The molecule has 1 aromatic heterocycles. The zero-order valence-corrected chi connectivity index (χ0v) is 24.5. The molecule has 4 nitrogen and oxygen atoms in total. The van der Waals surface area contributed by atoms with E-state index in [9.17, 15) is 9.90 Å². The summed E-state index contributed by atoms with van der Waals surface area (Å²) in [5.74, 6) is -0.854. The van der Waals surface area contributed by atoms with Crippen LogP contribution >= 0.6 is 0 Å². The summed E-state index contributed by atoms with van der Waals surface area (Å²) < 4.78 is 0. The third kappa shape index (κ3) is 6.18. The monoisotopic (exact) mass is 515 g/mol. The standard InChI is InChI=1S/C34H45NO3/c1-9-34(10-2,28-12-11-26(23(3)17-28)15-16-33(8,38)32(5,6)7)29-13-14-30(24(4)18-29)27-19-25(20-31(36)37)21-35-22-27/h11-14,17-19,21-22,38H,9-10,15-16,20H2,1-8H3,(H,36,37). The van der Waals surface area contributed by atoms with Crippen molar-refractivity contribution in [1.29, 1.82) is 0 Å². The number of aliphatic hydroxyl groups is 1. The summed E-state index contributed by atoms with van der Waals surface area (Å²) in [5.41, 5.74) is 8.06. The topological polar surface area (TPSA) is 70.4 Å². The van der Waals surface area contributed by atoms with E-state index in [4.69, 9.17) is 5.11 Å². The molecular weight excluding hydrogens is 470 g/mol. The van der Waals surface area contributed by atoms with Gasteiger partial charge in [0.05, 0.1) is 12.0 Å². The Hall–Kier alpha value is -2.98. The lowest BCUT2D eigenvalue weighted by atomic mass is 9.69. The third-order valence-corrected chi connectivity index (χ3v) is 8.84. The van der Waals surface area contributed by atoms with Crippen molar-refractivity contribution in [2.75, 3.05) is 0 Å². The SMILES string of the molecule is CCC(CC)(c1ccc(CCC(C)(O)C(C)(C)C)c(C)c1)c1ccc(-c2cncc(CC(=O)O)c2)c(C)c1. The fourth-order valence-electron chi connectivity index (χ4n) is 5.45. The zero-order valence-electron chi connectivity index (χ0n) is 24.5. The second-order valence-electron chi connectivity index (χ2n) is 12.1. The first-order chi connectivity index (χ1) is 17.7. The number of aromatic nitrogens is 1. The van der Waals surface area contributed by atoms with E-state index in [0.717, 1.165) is 42.4 Å². The van der Waals surface area contributed by atoms with Gasteiger partial charge in [-0.15, -0.1) is 0 Å². The average molecular weight is 516 g/mol. The van der Waals surface area contributed by atoms with Crippen LogP contribution in [0, 0.1) is 19.3 Å². The van der Waals surface area contributed by atoms with Crippen LogP contribution in [0.5, 0.6) is 0 Å². The van der Waals surface area contributed by atoms with Crippen LogP contribution in [0.2, 0.25) is 0 Å². The van der Waals surface area contributed by atoms with Crippen LogP contribution in [-0.2, 0) is 23.1 Å². The van der Waals surface area contributed by atoms with Gasteiger partial charge in [-0.25, -0.2) is 0 Å². The lowest BCUT2D eigenvalue weighted by molar-refractivity contribution is -0.136. The van der Waals surface area contributed by atoms with E-state index in [0.29, 0.717) is 5.56 Å². The molecule has 0 bridgehead atoms. The second-order valence-corrected chi connectivity index (χ2v) is 12.1. The molecular formula is C34H45NO3. The molecule has 0 amide bonds. The van der Waals surface area contributed by atoms with E-state index < -0.39 is 11.6 Å². The Bertz CT molecular complexity index is 1280. The van der Waals surface area contributed by atoms with Crippen molar-refractivity contribution in [3.8, 4) is 11.1 Å². The van der Waals surface area contributed by atoms with E-state index in [2.05, 4.69) is 89.8 Å². The minimum absolute atomic E-state index is 0.0319. The molecule has 0 aliphatic heterocycles. The third-order valence-electron chi connectivity index (χ3n) is 8.84. The quantitative estimate of drug-likeness (QED) is 0.289. The van der Waals surface area contributed by atoms with Crippen LogP contribution in [0.25, 0.3) is 11.1 Å². The van der Waals surface area contributed by atoms with Gasteiger partial charge in [-0.3, -0.25) is 9.78 Å². The Labute approximate surface area is 229 Å². The Kier molecular flexibility index (Phi) is 8.88. The lowest BCUT2D eigenvalue weighted by Crippen LogP contribution is -2.40. The molecule has 204 valence electrons. The highest BCUT2D eigenvalue weighted by Crippen LogP contribution is 2.41. The first kappa shape index (κ1) is 29.6. The number of carbonyl (C=O) groups is 1. The number of hydrogen-bond donors (Lipinski definition) is 2. The number of carboxylic acid groups (broad SMARTS) is 1. The summed E-state index contributed by atoms with van der Waals surface area (Å²) >= 11 is 0. The van der Waals surface area contributed by atoms with E-state index in [-0.39, 0.29) is 17.3 Å². The molecule has 0 spiro atoms. The fourth-order valence-corrected chi connectivity index (χ4v) is 5.45. The highest BCUT2D eigenvalue weighted by molar-refractivity contribution is 5.72. The lowest BCUT2D eigenvalue weighted by Gasteiger charge is -2.37. The van der Waals surface area contributed by atoms with Gasteiger partial charge in [0.15, 0.2) is 0 Å². The Morgan fingerprint density at radius 3 is 2.00 bits per heavy atom. The van der Waals surface area contributed by atoms with Crippen molar-refractivity contribution >= 4 is 5.97 Å². The van der Waals surface area contributed by atoms with Crippen LogP contribution in [0.1, 0.15) is 94.2 Å². The number of benzene rings is 2. The second kappa shape index (κ2) is 11.4. The summed E-state index contributed by atoms with van der Waals surface area (Å²) in [7, 11) is 0. The van der Waals surface area contributed by atoms with Crippen LogP contribution in [0.4, 0.5) is 0 Å². The number of pyridine rings is 1. The molecule has 1 heterocycles. The Morgan fingerprint density at radius 2 is 1.47 bits per heavy atom. The van der Waals surface area contributed by atoms with Gasteiger partial charge < -0.3 is 10.2 Å². The Balaban J connectivity index is 1.94. The van der Waals surface area contributed by atoms with E-state index in [1.54, 1.807) is 12.4 Å². The summed E-state index contributed by atoms with van der Waals surface area (Å²) in [5, 5.41) is 20.1. The van der Waals surface area contributed by atoms with Crippen LogP contribution in [0.3, 0.4) is 0 Å². The smallest absolute Gasteiger partial charge is 0.307 e. The number of rotatable bonds is 10. The molecule has 38 heavy (non-hydrogen) atoms. The van der Waals surface area contributed by atoms with Gasteiger partial charge in [-0.05, 0) is 96.9 Å². The summed E-state index contributed by atoms with van der Waals surface area (Å²) in [6.07, 6.45) is 6.94. The van der Waals surface area contributed by atoms with Crippen molar-refractivity contribution < 1.29 is 15.0 Å². The molecule has 1 unspecified atom stereocenters. The van der Waals surface area contributed by atoms with Gasteiger partial charge in [0.1, 0.15) is 0 Å². The molecule has 3 rings (SSSR count). The van der Waals surface area contributed by atoms with Gasteiger partial charge in [-0.1, -0.05) is 71.0 Å². The predicted octanol–water partition coefficient (Wildman–Crippen LogP) is 7.83. The minimum Gasteiger partial charge on any atom is -0.481 e. The van der Waals surface area contributed by atoms with Crippen molar-refractivity contribution in [1.82, 2.24) is 4.98 Å². The maximum atomic E-state index is 11.2. The first-order valence-electron chi connectivity index (χ1n) is 13.8. The summed E-state index contributed by atoms with van der Waals surface area (Å²) in [6, 6.07) is 15.5. The summed E-state index contributed by atoms with van der Waals surface area (Å²) in [6.45, 7) is 17.1. The van der Waals surface area contributed by atoms with Gasteiger partial charge >= 0.3 is 5.97 Å². The zero-order chi connectivity index (χ0) is 28.3. The molecule has 0 saturated carbocycles. The van der Waals surface area contributed by atoms with Crippen LogP contribution in [0.15, 0.2) is 54.9 Å². The minimum atomic E-state index is -0.854. The maximum Gasteiger partial charge on any atom is 0.307 e. The van der Waals surface area contributed by atoms with Crippen LogP contribution in [-0.4, -0.2) is 26.8 Å². The predicted molar refractivity (Wildman–Crippen MR) is 157 cm³/mol. The molecule has 0 aliphatic carbocycles. The number of nitrogens with zero attached hydrogens (tertiary/aromatic N) is 1. The van der Waals surface area contributed by atoms with E-state index in [1.165, 1.54) is 22.3 Å². The maximum absolute atomic E-state index is 11.2. The molecule has 0 fully saturated rings. The van der Waals surface area contributed by atoms with E-state index >= 15 is 0 Å². The molecule has 2 aromatic carbocycles. The highest BCUT2D eigenvalue weighted by atomic mass is 16.4. The van der Waals surface area contributed by atoms with Crippen molar-refractivity contribution in [2.24, 2.45) is 5.41 Å². The van der Waals surface area contributed by atoms with Crippen molar-refractivity contribution in [3.05, 3.63) is 88.2 Å². The molecule has 0 aliphatic rings. The van der Waals surface area contributed by atoms with Crippen molar-refractivity contribution in [3.63, 3.8) is 0 Å².